The number of alkyl halides is 3. The highest BCUT2D eigenvalue weighted by Gasteiger charge is 2.39. The van der Waals surface area contributed by atoms with Gasteiger partial charge in [0.1, 0.15) is 22.5 Å². The number of aryl methyl sites for hydroxylation is 1. The lowest BCUT2D eigenvalue weighted by Gasteiger charge is -2.07. The van der Waals surface area contributed by atoms with Gasteiger partial charge in [0.15, 0.2) is 16.8 Å². The molecule has 0 radical (unpaired) electrons. The van der Waals surface area contributed by atoms with Crippen LogP contribution in [0.2, 0.25) is 0 Å². The number of hydrogen-bond donors (Lipinski definition) is 2. The third-order valence-electron chi connectivity index (χ3n) is 5.47. The number of methoxy groups -OCH3 is 1. The van der Waals surface area contributed by atoms with Crippen LogP contribution in [0, 0.1) is 6.92 Å². The Hall–Kier alpha value is -4.61. The number of fused-ring (bicyclic) bond motifs is 2. The van der Waals surface area contributed by atoms with E-state index >= 15 is 0 Å². The number of aromatic amines is 1. The standard InChI is InChI=1S/C23H15F3N4O5/c1-10-14(20-28-16-13(34-2)9-8-12(22(32)33)17(16)35-20)21(31)30-19(27-10)15(11-6-4-3-5-7-11)18(29-30)23(24,25)26/h3-9,27H,1-2H3,(H,32,33). The highest BCUT2D eigenvalue weighted by molar-refractivity contribution is 6.02. The lowest BCUT2D eigenvalue weighted by molar-refractivity contribution is -0.140. The topological polar surface area (TPSA) is 123 Å². The van der Waals surface area contributed by atoms with Crippen molar-refractivity contribution in [1.82, 2.24) is 19.6 Å². The van der Waals surface area contributed by atoms with Gasteiger partial charge in [0, 0.05) is 5.69 Å². The van der Waals surface area contributed by atoms with Crippen molar-refractivity contribution in [1.29, 1.82) is 0 Å². The number of halogens is 3. The van der Waals surface area contributed by atoms with Crippen molar-refractivity contribution in [3.05, 3.63) is 69.8 Å². The molecule has 0 bridgehead atoms. The molecule has 5 aromatic rings. The van der Waals surface area contributed by atoms with Crippen molar-refractivity contribution in [2.45, 2.75) is 13.1 Å². The number of ether oxygens (including phenoxy) is 1. The van der Waals surface area contributed by atoms with Gasteiger partial charge in [0.2, 0.25) is 5.89 Å². The van der Waals surface area contributed by atoms with Crippen molar-refractivity contribution in [2.24, 2.45) is 0 Å². The van der Waals surface area contributed by atoms with Crippen molar-refractivity contribution in [3.8, 4) is 28.3 Å². The molecule has 2 aromatic carbocycles. The van der Waals surface area contributed by atoms with E-state index in [-0.39, 0.29) is 56.3 Å². The number of benzene rings is 2. The molecule has 3 aromatic heterocycles. The largest absolute Gasteiger partial charge is 0.494 e. The molecule has 0 amide bonds. The van der Waals surface area contributed by atoms with E-state index in [9.17, 15) is 27.9 Å². The number of oxazole rings is 1. The minimum Gasteiger partial charge on any atom is -0.494 e. The molecule has 3 heterocycles. The maximum atomic E-state index is 13.9. The zero-order valence-electron chi connectivity index (χ0n) is 18.1. The molecule has 9 nitrogen and oxygen atoms in total. The second-order valence-electron chi connectivity index (χ2n) is 7.60. The Morgan fingerprint density at radius 3 is 2.49 bits per heavy atom. The van der Waals surface area contributed by atoms with Crippen LogP contribution in [0.1, 0.15) is 21.7 Å². The van der Waals surface area contributed by atoms with Gasteiger partial charge in [-0.1, -0.05) is 30.3 Å². The Balaban J connectivity index is 1.83. The van der Waals surface area contributed by atoms with E-state index in [0.717, 1.165) is 0 Å². The van der Waals surface area contributed by atoms with Gasteiger partial charge >= 0.3 is 12.1 Å². The summed E-state index contributed by atoms with van der Waals surface area (Å²) in [4.78, 5) is 32.1. The van der Waals surface area contributed by atoms with Gasteiger partial charge < -0.3 is 19.2 Å². The fraction of sp³-hybridized carbons (Fsp3) is 0.130. The lowest BCUT2D eigenvalue weighted by Crippen LogP contribution is -2.20. The molecule has 0 unspecified atom stereocenters. The number of aromatic carboxylic acids is 1. The van der Waals surface area contributed by atoms with Gasteiger partial charge in [-0.2, -0.15) is 22.8 Å². The molecule has 12 heteroatoms. The van der Waals surface area contributed by atoms with Crippen LogP contribution in [-0.2, 0) is 6.18 Å². The molecule has 0 spiro atoms. The maximum absolute atomic E-state index is 13.9. The number of carboxylic acids is 1. The first kappa shape index (κ1) is 22.2. The third kappa shape index (κ3) is 3.41. The Morgan fingerprint density at radius 1 is 1.14 bits per heavy atom. The molecule has 178 valence electrons. The maximum Gasteiger partial charge on any atom is 0.435 e. The monoisotopic (exact) mass is 484 g/mol. The summed E-state index contributed by atoms with van der Waals surface area (Å²) in [5.41, 5.74) is -2.76. The zero-order valence-corrected chi connectivity index (χ0v) is 18.1. The number of nitrogens with zero attached hydrogens (tertiary/aromatic N) is 3. The molecule has 0 saturated carbocycles. The summed E-state index contributed by atoms with van der Waals surface area (Å²) in [6.45, 7) is 1.47. The predicted octanol–water partition coefficient (Wildman–Crippen LogP) is 4.53. The van der Waals surface area contributed by atoms with Crippen LogP contribution >= 0.6 is 0 Å². The van der Waals surface area contributed by atoms with Gasteiger partial charge in [-0.25, -0.2) is 9.78 Å². The highest BCUT2D eigenvalue weighted by Crippen LogP contribution is 2.39. The number of carbonyl (C=O) groups is 1. The van der Waals surface area contributed by atoms with Gasteiger partial charge in [0.25, 0.3) is 5.56 Å². The molecule has 0 fully saturated rings. The second kappa shape index (κ2) is 7.72. The number of nitrogens with one attached hydrogen (secondary N) is 1. The molecule has 35 heavy (non-hydrogen) atoms. The fourth-order valence-electron chi connectivity index (χ4n) is 3.94. The molecule has 0 aliphatic rings. The molecule has 0 atom stereocenters. The second-order valence-corrected chi connectivity index (χ2v) is 7.60. The number of rotatable bonds is 4. The Morgan fingerprint density at radius 2 is 1.86 bits per heavy atom. The predicted molar refractivity (Wildman–Crippen MR) is 118 cm³/mol. The Labute approximate surface area is 193 Å². The molecule has 2 N–H and O–H groups in total. The SMILES string of the molecule is COc1ccc(C(=O)O)c2oc(-c3c(C)[nH]c4c(-c5ccccc5)c(C(F)(F)F)nn4c3=O)nc12. The van der Waals surface area contributed by atoms with E-state index in [4.69, 9.17) is 9.15 Å². The molecule has 0 aliphatic heterocycles. The number of hydrogen-bond acceptors (Lipinski definition) is 6. The number of carboxylic acid groups (broad SMARTS) is 1. The first-order chi connectivity index (χ1) is 16.6. The lowest BCUT2D eigenvalue weighted by atomic mass is 10.1. The summed E-state index contributed by atoms with van der Waals surface area (Å²) in [5, 5.41) is 13.1. The quantitative estimate of drug-likeness (QED) is 0.384. The molecule has 0 saturated heterocycles. The van der Waals surface area contributed by atoms with Gasteiger partial charge in [-0.15, -0.1) is 0 Å². The Bertz CT molecular complexity index is 1680. The highest BCUT2D eigenvalue weighted by atomic mass is 19.4. The fourth-order valence-corrected chi connectivity index (χ4v) is 3.94. The summed E-state index contributed by atoms with van der Waals surface area (Å²) >= 11 is 0. The van der Waals surface area contributed by atoms with E-state index in [1.54, 1.807) is 18.2 Å². The number of aromatic nitrogens is 4. The van der Waals surface area contributed by atoms with E-state index in [1.165, 1.54) is 38.3 Å². The smallest absolute Gasteiger partial charge is 0.435 e. The van der Waals surface area contributed by atoms with Crippen LogP contribution in [0.15, 0.2) is 51.7 Å². The third-order valence-corrected chi connectivity index (χ3v) is 5.47. The average molecular weight is 484 g/mol. The van der Waals surface area contributed by atoms with Gasteiger partial charge in [0.05, 0.1) is 12.7 Å². The van der Waals surface area contributed by atoms with Crippen LogP contribution < -0.4 is 10.3 Å². The van der Waals surface area contributed by atoms with Crippen molar-refractivity contribution in [3.63, 3.8) is 0 Å². The van der Waals surface area contributed by atoms with Crippen LogP contribution in [0.25, 0.3) is 39.3 Å². The summed E-state index contributed by atoms with van der Waals surface area (Å²) in [6.07, 6.45) is -4.84. The summed E-state index contributed by atoms with van der Waals surface area (Å²) in [5.74, 6) is -1.39. The van der Waals surface area contributed by atoms with E-state index in [1.807, 2.05) is 0 Å². The minimum absolute atomic E-state index is 0.0442. The molecular formula is C23H15F3N4O5. The minimum atomic E-state index is -4.84. The van der Waals surface area contributed by atoms with E-state index < -0.39 is 23.4 Å². The average Bonchev–Trinajstić information content (AvgIpc) is 3.41. The molecule has 5 rings (SSSR count). The molecular weight excluding hydrogens is 469 g/mol. The molecule has 0 aliphatic carbocycles. The summed E-state index contributed by atoms with van der Waals surface area (Å²) in [6, 6.07) is 10.4. The zero-order chi connectivity index (χ0) is 25.1. The van der Waals surface area contributed by atoms with Crippen LogP contribution in [-0.4, -0.2) is 37.8 Å². The summed E-state index contributed by atoms with van der Waals surface area (Å²) in [7, 11) is 1.35. The van der Waals surface area contributed by atoms with Crippen molar-refractivity contribution < 1.29 is 32.2 Å². The van der Waals surface area contributed by atoms with Crippen LogP contribution in [0.5, 0.6) is 5.75 Å². The van der Waals surface area contributed by atoms with Gasteiger partial charge in [-0.3, -0.25) is 4.79 Å². The first-order valence-corrected chi connectivity index (χ1v) is 10.1. The van der Waals surface area contributed by atoms with E-state index in [0.29, 0.717) is 4.52 Å². The normalized spacial score (nSPS) is 11.9. The van der Waals surface area contributed by atoms with E-state index in [2.05, 4.69) is 15.1 Å². The Kier molecular flexibility index (Phi) is 4.90. The van der Waals surface area contributed by atoms with Crippen molar-refractivity contribution >= 4 is 22.7 Å². The first-order valence-electron chi connectivity index (χ1n) is 10.1. The van der Waals surface area contributed by atoms with Crippen molar-refractivity contribution in [2.75, 3.05) is 7.11 Å². The number of H-pyrrole nitrogens is 1. The van der Waals surface area contributed by atoms with Crippen LogP contribution in [0.3, 0.4) is 0 Å². The van der Waals surface area contributed by atoms with Crippen LogP contribution in [0.4, 0.5) is 13.2 Å². The summed E-state index contributed by atoms with van der Waals surface area (Å²) < 4.78 is 53.1. The van der Waals surface area contributed by atoms with Gasteiger partial charge in [-0.05, 0) is 24.6 Å².